The number of piperazine rings is 1. The first-order valence-electron chi connectivity index (χ1n) is 7.66. The van der Waals surface area contributed by atoms with Crippen LogP contribution >= 0.6 is 0 Å². The second-order valence-corrected chi connectivity index (χ2v) is 5.52. The molecule has 0 saturated carbocycles. The minimum Gasteiger partial charge on any atom is -0.497 e. The van der Waals surface area contributed by atoms with Crippen LogP contribution in [-0.4, -0.2) is 63.3 Å². The summed E-state index contributed by atoms with van der Waals surface area (Å²) in [5.74, 6) is 0.881. The predicted molar refractivity (Wildman–Crippen MR) is 84.3 cm³/mol. The van der Waals surface area contributed by atoms with Crippen LogP contribution in [0.3, 0.4) is 0 Å². The monoisotopic (exact) mass is 293 g/mol. The van der Waals surface area contributed by atoms with Crippen molar-refractivity contribution in [2.24, 2.45) is 0 Å². The molecule has 0 bridgehead atoms. The molecule has 0 radical (unpaired) electrons. The molecule has 0 aromatic heterocycles. The Balaban J connectivity index is 1.49. The van der Waals surface area contributed by atoms with Crippen molar-refractivity contribution in [3.63, 3.8) is 0 Å². The number of nitrogens with zero attached hydrogens (tertiary/aromatic N) is 2. The first-order valence-corrected chi connectivity index (χ1v) is 7.66. The quantitative estimate of drug-likeness (QED) is 0.578. The molecule has 1 heterocycles. The van der Waals surface area contributed by atoms with Gasteiger partial charge in [0.25, 0.3) is 0 Å². The zero-order chi connectivity index (χ0) is 14.9. The molecule has 21 heavy (non-hydrogen) atoms. The highest BCUT2D eigenvalue weighted by Gasteiger charge is 2.12. The van der Waals surface area contributed by atoms with E-state index < -0.39 is 0 Å². The Bertz CT molecular complexity index is 389. The van der Waals surface area contributed by atoms with Gasteiger partial charge in [0, 0.05) is 39.3 Å². The fraction of sp³-hybridized carbons (Fsp3) is 0.625. The van der Waals surface area contributed by atoms with Gasteiger partial charge in [-0.3, -0.25) is 0 Å². The Morgan fingerprint density at radius 1 is 1.10 bits per heavy atom. The number of rotatable bonds is 8. The van der Waals surface area contributed by atoms with Gasteiger partial charge in [0.05, 0.1) is 13.7 Å². The number of hydrogen-bond acceptors (Lipinski definition) is 5. The summed E-state index contributed by atoms with van der Waals surface area (Å²) >= 11 is 0. The van der Waals surface area contributed by atoms with Crippen LogP contribution in [0.15, 0.2) is 24.3 Å². The van der Waals surface area contributed by atoms with Crippen molar-refractivity contribution in [1.82, 2.24) is 15.3 Å². The van der Waals surface area contributed by atoms with Crippen LogP contribution in [0.1, 0.15) is 12.0 Å². The molecule has 1 aromatic carbocycles. The lowest BCUT2D eigenvalue weighted by Gasteiger charge is -2.32. The lowest BCUT2D eigenvalue weighted by molar-refractivity contribution is 0.0283. The summed E-state index contributed by atoms with van der Waals surface area (Å²) in [5, 5.41) is 0. The van der Waals surface area contributed by atoms with Crippen LogP contribution in [0.4, 0.5) is 0 Å². The van der Waals surface area contributed by atoms with Gasteiger partial charge in [-0.1, -0.05) is 12.1 Å². The summed E-state index contributed by atoms with van der Waals surface area (Å²) in [4.78, 5) is 10.4. The van der Waals surface area contributed by atoms with E-state index in [-0.39, 0.29) is 0 Å². The molecule has 0 atom stereocenters. The number of hydroxylamine groups is 1. The maximum Gasteiger partial charge on any atom is 0.118 e. The Kier molecular flexibility index (Phi) is 6.95. The fourth-order valence-electron chi connectivity index (χ4n) is 2.38. The summed E-state index contributed by atoms with van der Waals surface area (Å²) in [6, 6.07) is 8.01. The Hall–Kier alpha value is -1.14. The first-order chi connectivity index (χ1) is 10.3. The van der Waals surface area contributed by atoms with E-state index in [1.165, 1.54) is 31.7 Å². The summed E-state index contributed by atoms with van der Waals surface area (Å²) in [6.07, 6.45) is 1.07. The van der Waals surface area contributed by atoms with Crippen molar-refractivity contribution in [2.45, 2.75) is 13.0 Å². The van der Waals surface area contributed by atoms with E-state index in [9.17, 15) is 0 Å². The molecule has 2 rings (SSSR count). The summed E-state index contributed by atoms with van der Waals surface area (Å²) in [6.45, 7) is 7.30. The maximum atomic E-state index is 5.49. The largest absolute Gasteiger partial charge is 0.497 e. The first kappa shape index (κ1) is 16.2. The van der Waals surface area contributed by atoms with Crippen LogP contribution in [0.5, 0.6) is 5.75 Å². The molecule has 1 saturated heterocycles. The topological polar surface area (TPSA) is 37.0 Å². The molecule has 1 aliphatic heterocycles. The standard InChI is InChI=1S/C16H27N3O2/c1-18-9-11-19(12-10-18)8-3-13-21-17-14-15-4-6-16(20-2)7-5-15/h4-7,17H,3,8-14H2,1-2H3. The molecule has 5 nitrogen and oxygen atoms in total. The van der Waals surface area contributed by atoms with Crippen LogP contribution in [0.25, 0.3) is 0 Å². The lowest BCUT2D eigenvalue weighted by Crippen LogP contribution is -2.44. The summed E-state index contributed by atoms with van der Waals surface area (Å²) in [5.41, 5.74) is 4.21. The number of nitrogens with one attached hydrogen (secondary N) is 1. The normalized spacial score (nSPS) is 17.0. The SMILES string of the molecule is COc1ccc(CNOCCCN2CCN(C)CC2)cc1. The van der Waals surface area contributed by atoms with Gasteiger partial charge in [0.1, 0.15) is 5.75 Å². The highest BCUT2D eigenvalue weighted by molar-refractivity contribution is 5.26. The van der Waals surface area contributed by atoms with Gasteiger partial charge in [-0.05, 0) is 31.2 Å². The summed E-state index contributed by atoms with van der Waals surface area (Å²) < 4.78 is 5.13. The van der Waals surface area contributed by atoms with Gasteiger partial charge in [0.2, 0.25) is 0 Å². The number of methoxy groups -OCH3 is 1. The van der Waals surface area contributed by atoms with Crippen LogP contribution in [-0.2, 0) is 11.4 Å². The van der Waals surface area contributed by atoms with Crippen molar-refractivity contribution in [3.05, 3.63) is 29.8 Å². The molecule has 0 spiro atoms. The van der Waals surface area contributed by atoms with E-state index in [2.05, 4.69) is 22.3 Å². The molecule has 118 valence electrons. The van der Waals surface area contributed by atoms with Gasteiger partial charge in [0.15, 0.2) is 0 Å². The van der Waals surface area contributed by atoms with E-state index in [0.717, 1.165) is 31.9 Å². The zero-order valence-electron chi connectivity index (χ0n) is 13.2. The average molecular weight is 293 g/mol. The number of hydrogen-bond donors (Lipinski definition) is 1. The van der Waals surface area contributed by atoms with E-state index in [1.807, 2.05) is 24.3 Å². The van der Waals surface area contributed by atoms with E-state index in [4.69, 9.17) is 9.57 Å². The van der Waals surface area contributed by atoms with E-state index >= 15 is 0 Å². The Labute approximate surface area is 127 Å². The third-order valence-corrected chi connectivity index (χ3v) is 3.85. The van der Waals surface area contributed by atoms with Crippen molar-refractivity contribution in [3.8, 4) is 5.75 Å². The third kappa shape index (κ3) is 6.01. The predicted octanol–water partition coefficient (Wildman–Crippen LogP) is 1.35. The maximum absolute atomic E-state index is 5.49. The van der Waals surface area contributed by atoms with Gasteiger partial charge in [-0.15, -0.1) is 0 Å². The number of ether oxygens (including phenoxy) is 1. The Morgan fingerprint density at radius 2 is 1.81 bits per heavy atom. The van der Waals surface area contributed by atoms with E-state index in [0.29, 0.717) is 0 Å². The van der Waals surface area contributed by atoms with Gasteiger partial charge in [-0.25, -0.2) is 0 Å². The highest BCUT2D eigenvalue weighted by atomic mass is 16.6. The molecule has 1 aliphatic rings. The molecular weight excluding hydrogens is 266 g/mol. The third-order valence-electron chi connectivity index (χ3n) is 3.85. The molecule has 5 heteroatoms. The minimum absolute atomic E-state index is 0.721. The minimum atomic E-state index is 0.721. The molecule has 1 fully saturated rings. The smallest absolute Gasteiger partial charge is 0.118 e. The van der Waals surface area contributed by atoms with Gasteiger partial charge >= 0.3 is 0 Å². The van der Waals surface area contributed by atoms with Crippen molar-refractivity contribution < 1.29 is 9.57 Å². The van der Waals surface area contributed by atoms with Crippen LogP contribution in [0.2, 0.25) is 0 Å². The van der Waals surface area contributed by atoms with Gasteiger partial charge in [-0.2, -0.15) is 5.48 Å². The second-order valence-electron chi connectivity index (χ2n) is 5.52. The fourth-order valence-corrected chi connectivity index (χ4v) is 2.38. The molecule has 0 unspecified atom stereocenters. The number of likely N-dealkylation sites (N-methyl/N-ethyl adjacent to an activating group) is 1. The molecular formula is C16H27N3O2. The summed E-state index contributed by atoms with van der Waals surface area (Å²) in [7, 11) is 3.86. The lowest BCUT2D eigenvalue weighted by atomic mass is 10.2. The molecule has 1 aromatic rings. The molecule has 0 amide bonds. The van der Waals surface area contributed by atoms with Crippen LogP contribution < -0.4 is 10.2 Å². The van der Waals surface area contributed by atoms with Crippen molar-refractivity contribution >= 4 is 0 Å². The van der Waals surface area contributed by atoms with E-state index in [1.54, 1.807) is 7.11 Å². The Morgan fingerprint density at radius 3 is 2.48 bits per heavy atom. The molecule has 1 N–H and O–H groups in total. The average Bonchev–Trinajstić information content (AvgIpc) is 2.53. The molecule has 0 aliphatic carbocycles. The second kappa shape index (κ2) is 9.00. The highest BCUT2D eigenvalue weighted by Crippen LogP contribution is 2.10. The van der Waals surface area contributed by atoms with Crippen molar-refractivity contribution in [1.29, 1.82) is 0 Å². The zero-order valence-corrected chi connectivity index (χ0v) is 13.2. The van der Waals surface area contributed by atoms with Crippen LogP contribution in [0, 0.1) is 0 Å². The number of benzene rings is 1. The van der Waals surface area contributed by atoms with Crippen molar-refractivity contribution in [2.75, 3.05) is 53.5 Å². The van der Waals surface area contributed by atoms with Gasteiger partial charge < -0.3 is 19.4 Å².